The third-order valence-corrected chi connectivity index (χ3v) is 3.40. The molecule has 1 N–H and O–H groups in total. The summed E-state index contributed by atoms with van der Waals surface area (Å²) < 4.78 is 15.7. The molecule has 156 valence electrons. The number of nitro benzene ring substituents is 1. The summed E-state index contributed by atoms with van der Waals surface area (Å²) in [5, 5.41) is 13.5. The van der Waals surface area contributed by atoms with Crippen LogP contribution in [0.15, 0.2) is 18.2 Å². The zero-order chi connectivity index (χ0) is 21.2. The highest BCUT2D eigenvalue weighted by molar-refractivity contribution is 5.87. The quantitative estimate of drug-likeness (QED) is 0.269. The smallest absolute Gasteiger partial charge is 0.412 e. The molecule has 1 aromatic carbocycles. The van der Waals surface area contributed by atoms with Gasteiger partial charge in [0.15, 0.2) is 0 Å². The Hall–Kier alpha value is -2.84. The third-order valence-electron chi connectivity index (χ3n) is 3.40. The van der Waals surface area contributed by atoms with Crippen LogP contribution in [0.25, 0.3) is 0 Å². The van der Waals surface area contributed by atoms with Gasteiger partial charge < -0.3 is 14.2 Å². The zero-order valence-electron chi connectivity index (χ0n) is 16.8. The van der Waals surface area contributed by atoms with E-state index in [0.29, 0.717) is 25.9 Å². The number of unbranched alkanes of at least 4 members (excludes halogenated alkanes) is 2. The molecule has 0 aliphatic carbocycles. The minimum Gasteiger partial charge on any atom is -0.491 e. The van der Waals surface area contributed by atoms with E-state index in [1.54, 1.807) is 27.7 Å². The van der Waals surface area contributed by atoms with Crippen LogP contribution in [0.3, 0.4) is 0 Å². The van der Waals surface area contributed by atoms with Crippen molar-refractivity contribution < 1.29 is 28.7 Å². The Morgan fingerprint density at radius 3 is 2.50 bits per heavy atom. The summed E-state index contributed by atoms with van der Waals surface area (Å²) in [5.41, 5.74) is -0.538. The Morgan fingerprint density at radius 2 is 1.89 bits per heavy atom. The molecule has 0 spiro atoms. The average Bonchev–Trinajstić information content (AvgIpc) is 2.57. The first-order valence-corrected chi connectivity index (χ1v) is 9.19. The van der Waals surface area contributed by atoms with Gasteiger partial charge in [-0.3, -0.25) is 20.2 Å². The molecule has 0 radical (unpaired) electrons. The Kier molecular flexibility index (Phi) is 9.20. The first kappa shape index (κ1) is 23.2. The number of anilines is 1. The second-order valence-electron chi connectivity index (χ2n) is 7.03. The van der Waals surface area contributed by atoms with Gasteiger partial charge in [0.25, 0.3) is 5.69 Å². The molecule has 0 aliphatic heterocycles. The number of esters is 1. The number of rotatable bonds is 10. The zero-order valence-corrected chi connectivity index (χ0v) is 16.8. The van der Waals surface area contributed by atoms with Gasteiger partial charge in [-0.1, -0.05) is 0 Å². The van der Waals surface area contributed by atoms with Crippen LogP contribution in [0.2, 0.25) is 0 Å². The minimum absolute atomic E-state index is 0.146. The Balaban J connectivity index is 2.63. The lowest BCUT2D eigenvalue weighted by Gasteiger charge is -2.20. The Morgan fingerprint density at radius 1 is 1.18 bits per heavy atom. The van der Waals surface area contributed by atoms with Gasteiger partial charge >= 0.3 is 12.1 Å². The number of carbonyl (C=O) groups excluding carboxylic acids is 2. The molecule has 1 amide bonds. The molecule has 0 fully saturated rings. The van der Waals surface area contributed by atoms with E-state index in [2.05, 4.69) is 5.32 Å². The van der Waals surface area contributed by atoms with E-state index < -0.39 is 16.6 Å². The molecule has 1 aromatic rings. The summed E-state index contributed by atoms with van der Waals surface area (Å²) in [7, 11) is 0. The lowest BCUT2D eigenvalue weighted by atomic mass is 10.2. The second-order valence-corrected chi connectivity index (χ2v) is 7.03. The Bertz CT molecular complexity index is 683. The molecule has 1 rings (SSSR count). The number of hydrogen-bond acceptors (Lipinski definition) is 7. The van der Waals surface area contributed by atoms with Crippen molar-refractivity contribution in [3.8, 4) is 5.75 Å². The minimum atomic E-state index is -0.680. The van der Waals surface area contributed by atoms with E-state index in [9.17, 15) is 19.7 Å². The predicted octanol–water partition coefficient (Wildman–Crippen LogP) is 4.44. The van der Waals surface area contributed by atoms with Crippen LogP contribution in [0.1, 0.15) is 53.4 Å². The van der Waals surface area contributed by atoms with Crippen LogP contribution in [-0.2, 0) is 14.3 Å². The number of nitrogens with zero attached hydrogens (tertiary/aromatic N) is 1. The van der Waals surface area contributed by atoms with Crippen molar-refractivity contribution in [2.45, 2.75) is 59.0 Å². The van der Waals surface area contributed by atoms with Crippen LogP contribution in [0.4, 0.5) is 16.2 Å². The Labute approximate surface area is 164 Å². The van der Waals surface area contributed by atoms with Crippen LogP contribution in [0, 0.1) is 10.1 Å². The first-order chi connectivity index (χ1) is 13.1. The summed E-state index contributed by atoms with van der Waals surface area (Å²) >= 11 is 0. The standard InChI is InChI=1S/C19H28N2O7/c1-5-26-17(22)9-7-6-8-12-27-16-13-14(21(24)25)10-11-15(16)20-18(23)28-19(2,3)4/h10-11,13H,5-9,12H2,1-4H3,(H,20,23). The molecular weight excluding hydrogens is 368 g/mol. The lowest BCUT2D eigenvalue weighted by molar-refractivity contribution is -0.384. The largest absolute Gasteiger partial charge is 0.491 e. The van der Waals surface area contributed by atoms with Gasteiger partial charge in [-0.05, 0) is 53.0 Å². The molecule has 0 aliphatic rings. The molecule has 0 saturated carbocycles. The van der Waals surface area contributed by atoms with Gasteiger partial charge in [0.2, 0.25) is 0 Å². The van der Waals surface area contributed by atoms with Crippen LogP contribution < -0.4 is 10.1 Å². The molecule has 0 unspecified atom stereocenters. The molecule has 9 heteroatoms. The van der Waals surface area contributed by atoms with E-state index in [-0.39, 0.29) is 29.7 Å². The van der Waals surface area contributed by atoms with Gasteiger partial charge in [-0.15, -0.1) is 0 Å². The van der Waals surface area contributed by atoms with Crippen molar-refractivity contribution in [3.63, 3.8) is 0 Å². The van der Waals surface area contributed by atoms with Crippen molar-refractivity contribution in [1.29, 1.82) is 0 Å². The average molecular weight is 396 g/mol. The van der Waals surface area contributed by atoms with Gasteiger partial charge in [0.05, 0.1) is 29.9 Å². The highest BCUT2D eigenvalue weighted by Crippen LogP contribution is 2.30. The summed E-state index contributed by atoms with van der Waals surface area (Å²) in [5.74, 6) is -0.0450. The number of hydrogen-bond donors (Lipinski definition) is 1. The van der Waals surface area contributed by atoms with Gasteiger partial charge in [-0.25, -0.2) is 4.79 Å². The molecule has 0 heterocycles. The van der Waals surface area contributed by atoms with Crippen LogP contribution >= 0.6 is 0 Å². The summed E-state index contributed by atoms with van der Waals surface area (Å²) in [4.78, 5) is 33.7. The number of ether oxygens (including phenoxy) is 3. The molecule has 0 saturated heterocycles. The van der Waals surface area contributed by atoms with Gasteiger partial charge in [0, 0.05) is 12.5 Å². The normalized spacial score (nSPS) is 10.9. The summed E-state index contributed by atoms with van der Waals surface area (Å²) in [6, 6.07) is 3.93. The van der Waals surface area contributed by atoms with E-state index >= 15 is 0 Å². The molecule has 9 nitrogen and oxygen atoms in total. The second kappa shape index (κ2) is 11.1. The summed E-state index contributed by atoms with van der Waals surface area (Å²) in [6.07, 6.45) is 1.72. The number of nitro groups is 1. The molecular formula is C19H28N2O7. The van der Waals surface area contributed by atoms with Gasteiger partial charge in [0.1, 0.15) is 11.4 Å². The van der Waals surface area contributed by atoms with E-state index in [1.807, 2.05) is 0 Å². The fourth-order valence-corrected chi connectivity index (χ4v) is 2.22. The fraction of sp³-hybridized carbons (Fsp3) is 0.579. The summed E-state index contributed by atoms with van der Waals surface area (Å²) in [6.45, 7) is 7.60. The molecule has 28 heavy (non-hydrogen) atoms. The van der Waals surface area contributed by atoms with Gasteiger partial charge in [-0.2, -0.15) is 0 Å². The number of nitrogens with one attached hydrogen (secondary N) is 1. The number of carbonyl (C=O) groups is 2. The van der Waals surface area contributed by atoms with Crippen molar-refractivity contribution in [1.82, 2.24) is 0 Å². The van der Waals surface area contributed by atoms with E-state index in [4.69, 9.17) is 14.2 Å². The van der Waals surface area contributed by atoms with E-state index in [1.165, 1.54) is 18.2 Å². The van der Waals surface area contributed by atoms with E-state index in [0.717, 1.165) is 6.42 Å². The fourth-order valence-electron chi connectivity index (χ4n) is 2.22. The number of benzene rings is 1. The maximum absolute atomic E-state index is 12.0. The van der Waals surface area contributed by atoms with Crippen molar-refractivity contribution in [2.75, 3.05) is 18.5 Å². The maximum atomic E-state index is 12.0. The number of amides is 1. The third kappa shape index (κ3) is 9.20. The molecule has 0 bridgehead atoms. The van der Waals surface area contributed by atoms with Crippen LogP contribution in [-0.4, -0.2) is 35.8 Å². The van der Waals surface area contributed by atoms with Crippen LogP contribution in [0.5, 0.6) is 5.75 Å². The first-order valence-electron chi connectivity index (χ1n) is 9.19. The lowest BCUT2D eigenvalue weighted by Crippen LogP contribution is -2.27. The van der Waals surface area contributed by atoms with Crippen molar-refractivity contribution >= 4 is 23.4 Å². The molecule has 0 atom stereocenters. The van der Waals surface area contributed by atoms with Crippen molar-refractivity contribution in [2.24, 2.45) is 0 Å². The topological polar surface area (TPSA) is 117 Å². The SMILES string of the molecule is CCOC(=O)CCCCCOc1cc([N+](=O)[O-])ccc1NC(=O)OC(C)(C)C. The predicted molar refractivity (Wildman–Crippen MR) is 104 cm³/mol. The highest BCUT2D eigenvalue weighted by atomic mass is 16.6. The maximum Gasteiger partial charge on any atom is 0.412 e. The highest BCUT2D eigenvalue weighted by Gasteiger charge is 2.19. The molecule has 0 aromatic heterocycles. The van der Waals surface area contributed by atoms with Crippen molar-refractivity contribution in [3.05, 3.63) is 28.3 Å². The number of non-ortho nitro benzene ring substituents is 1. The monoisotopic (exact) mass is 396 g/mol.